The maximum Gasteiger partial charge on any atom is 0.0541 e. The molecule has 12 aromatic rings. The van der Waals surface area contributed by atoms with E-state index in [-0.39, 0.29) is 0 Å². The molecule has 11 aromatic carbocycles. The number of benzene rings is 11. The molecule has 1 nitrogen and oxygen atoms in total. The van der Waals surface area contributed by atoms with E-state index in [0.29, 0.717) is 0 Å². The van der Waals surface area contributed by atoms with Gasteiger partial charge in [0.2, 0.25) is 0 Å². The van der Waals surface area contributed by atoms with Crippen LogP contribution in [0.25, 0.3) is 115 Å². The summed E-state index contributed by atoms with van der Waals surface area (Å²) in [4.78, 5) is 0. The molecule has 0 unspecified atom stereocenters. The lowest BCUT2D eigenvalue weighted by Crippen LogP contribution is -1.93. The molecule has 0 aliphatic carbocycles. The molecule has 0 aliphatic heterocycles. The lowest BCUT2D eigenvalue weighted by atomic mass is 9.95. The monoisotopic (exact) mass is 773 g/mol. The average molecular weight is 774 g/mol. The minimum absolute atomic E-state index is 1.16. The maximum absolute atomic E-state index is 2.40. The SMILES string of the molecule is c1ccc(-n2c3ccc(-c4ccc(-c5ccc6ccccc6c5)cc4)cc3c3cc(-c4ccc(-c5ccc6cc(-c7ccc8ccccc8c7)ccc6c5)cc4)ccc32)cc1. The summed E-state index contributed by atoms with van der Waals surface area (Å²) in [5.41, 5.74) is 15.7. The van der Waals surface area contributed by atoms with Crippen LogP contribution in [0.3, 0.4) is 0 Å². The second-order valence-electron chi connectivity index (χ2n) is 16.2. The molecule has 1 aromatic heterocycles. The van der Waals surface area contributed by atoms with Crippen molar-refractivity contribution in [3.05, 3.63) is 237 Å². The van der Waals surface area contributed by atoms with Crippen LogP contribution in [0.4, 0.5) is 0 Å². The molecule has 0 saturated carbocycles. The molecule has 61 heavy (non-hydrogen) atoms. The normalized spacial score (nSPS) is 11.6. The molecule has 0 aliphatic rings. The number of rotatable bonds is 6. The molecular weight excluding hydrogens is 735 g/mol. The van der Waals surface area contributed by atoms with E-state index >= 15 is 0 Å². The first-order valence-electron chi connectivity index (χ1n) is 21.1. The third-order valence-corrected chi connectivity index (χ3v) is 12.6. The molecule has 0 bridgehead atoms. The van der Waals surface area contributed by atoms with Crippen LogP contribution in [0.15, 0.2) is 237 Å². The van der Waals surface area contributed by atoms with E-state index in [0.717, 1.165) is 5.69 Å². The van der Waals surface area contributed by atoms with Crippen LogP contribution in [0.2, 0.25) is 0 Å². The lowest BCUT2D eigenvalue weighted by Gasteiger charge is -2.10. The van der Waals surface area contributed by atoms with Gasteiger partial charge < -0.3 is 4.57 Å². The van der Waals surface area contributed by atoms with Gasteiger partial charge in [-0.15, -0.1) is 0 Å². The molecule has 1 heterocycles. The molecule has 0 saturated heterocycles. The van der Waals surface area contributed by atoms with Crippen molar-refractivity contribution in [1.82, 2.24) is 4.57 Å². The molecule has 0 fully saturated rings. The molecule has 12 rings (SSSR count). The molecule has 284 valence electrons. The van der Waals surface area contributed by atoms with Crippen LogP contribution in [0, 0.1) is 0 Å². The van der Waals surface area contributed by atoms with E-state index in [1.54, 1.807) is 0 Å². The fourth-order valence-electron chi connectivity index (χ4n) is 9.29. The van der Waals surface area contributed by atoms with Crippen molar-refractivity contribution in [2.45, 2.75) is 0 Å². The Kier molecular flexibility index (Phi) is 8.25. The number of para-hydroxylation sites is 1. The summed E-state index contributed by atoms with van der Waals surface area (Å²) in [6.45, 7) is 0. The van der Waals surface area contributed by atoms with Gasteiger partial charge in [-0.3, -0.25) is 0 Å². The van der Waals surface area contributed by atoms with Gasteiger partial charge in [0.15, 0.2) is 0 Å². The highest BCUT2D eigenvalue weighted by Crippen LogP contribution is 2.38. The van der Waals surface area contributed by atoms with Gasteiger partial charge in [0, 0.05) is 16.5 Å². The Labute approximate surface area is 355 Å². The zero-order valence-electron chi connectivity index (χ0n) is 33.5. The molecule has 1 heteroatoms. The maximum atomic E-state index is 2.40. The van der Waals surface area contributed by atoms with Gasteiger partial charge in [-0.25, -0.2) is 0 Å². The van der Waals surface area contributed by atoms with Crippen LogP contribution < -0.4 is 0 Å². The average Bonchev–Trinajstić information content (AvgIpc) is 3.66. The Morgan fingerprint density at radius 2 is 0.475 bits per heavy atom. The zero-order valence-corrected chi connectivity index (χ0v) is 33.5. The lowest BCUT2D eigenvalue weighted by molar-refractivity contribution is 1.18. The van der Waals surface area contributed by atoms with Gasteiger partial charge in [-0.05, 0) is 149 Å². The van der Waals surface area contributed by atoms with E-state index in [9.17, 15) is 0 Å². The Balaban J connectivity index is 0.874. The van der Waals surface area contributed by atoms with Gasteiger partial charge in [0.25, 0.3) is 0 Å². The molecule has 0 atom stereocenters. The van der Waals surface area contributed by atoms with E-state index in [2.05, 4.69) is 241 Å². The second-order valence-corrected chi connectivity index (χ2v) is 16.2. The highest BCUT2D eigenvalue weighted by molar-refractivity contribution is 6.11. The molecular formula is C60H39N. The summed E-state index contributed by atoms with van der Waals surface area (Å²) < 4.78 is 2.40. The minimum atomic E-state index is 1.16. The zero-order chi connectivity index (χ0) is 40.3. The summed E-state index contributed by atoms with van der Waals surface area (Å²) in [6.07, 6.45) is 0. The first-order chi connectivity index (χ1) is 30.2. The number of aromatic nitrogens is 1. The predicted octanol–water partition coefficient (Wildman–Crippen LogP) is 16.6. The Bertz CT molecular complexity index is 3610. The van der Waals surface area contributed by atoms with Crippen LogP contribution in [-0.2, 0) is 0 Å². The molecule has 0 N–H and O–H groups in total. The smallest absolute Gasteiger partial charge is 0.0541 e. The van der Waals surface area contributed by atoms with Crippen LogP contribution in [-0.4, -0.2) is 4.57 Å². The van der Waals surface area contributed by atoms with Crippen molar-refractivity contribution in [3.63, 3.8) is 0 Å². The predicted molar refractivity (Wildman–Crippen MR) is 260 cm³/mol. The van der Waals surface area contributed by atoms with E-state index in [4.69, 9.17) is 0 Å². The highest BCUT2D eigenvalue weighted by Gasteiger charge is 2.15. The van der Waals surface area contributed by atoms with Crippen LogP contribution in [0.5, 0.6) is 0 Å². The van der Waals surface area contributed by atoms with Crippen molar-refractivity contribution >= 4 is 54.1 Å². The van der Waals surface area contributed by atoms with Crippen molar-refractivity contribution in [1.29, 1.82) is 0 Å². The van der Waals surface area contributed by atoms with E-state index < -0.39 is 0 Å². The fourth-order valence-corrected chi connectivity index (χ4v) is 9.29. The Morgan fingerprint density at radius 1 is 0.197 bits per heavy atom. The summed E-state index contributed by atoms with van der Waals surface area (Å²) in [6, 6.07) is 86.8. The van der Waals surface area contributed by atoms with Crippen molar-refractivity contribution in [3.8, 4) is 61.3 Å². The highest BCUT2D eigenvalue weighted by atomic mass is 15.0. The first-order valence-corrected chi connectivity index (χ1v) is 21.1. The largest absolute Gasteiger partial charge is 0.309 e. The number of nitrogens with zero attached hydrogens (tertiary/aromatic N) is 1. The van der Waals surface area contributed by atoms with Gasteiger partial charge in [-0.2, -0.15) is 0 Å². The van der Waals surface area contributed by atoms with Gasteiger partial charge >= 0.3 is 0 Å². The standard InChI is InChI=1S/C60H39N/c1-2-12-56(13-3-1)61-59-32-30-54(44-18-14-42(15-19-44)48-24-22-40-8-4-6-10-46(40)34-48)38-57(59)58-39-55(31-33-60(58)61)45-20-16-43(17-21-45)49-26-27-52-37-53(29-28-51(52)36-49)50-25-23-41-9-5-7-11-47(41)35-50/h1-39H. The molecule has 0 spiro atoms. The van der Waals surface area contributed by atoms with E-state index in [1.807, 2.05) is 0 Å². The van der Waals surface area contributed by atoms with Crippen LogP contribution in [0.1, 0.15) is 0 Å². The fraction of sp³-hybridized carbons (Fsp3) is 0. The summed E-state index contributed by atoms with van der Waals surface area (Å²) in [5.74, 6) is 0. The third-order valence-electron chi connectivity index (χ3n) is 12.6. The molecule has 0 radical (unpaired) electrons. The Morgan fingerprint density at radius 3 is 0.885 bits per heavy atom. The third kappa shape index (κ3) is 6.27. The van der Waals surface area contributed by atoms with Crippen LogP contribution >= 0.6 is 0 Å². The van der Waals surface area contributed by atoms with Crippen molar-refractivity contribution < 1.29 is 0 Å². The van der Waals surface area contributed by atoms with Gasteiger partial charge in [0.05, 0.1) is 11.0 Å². The number of hydrogen-bond acceptors (Lipinski definition) is 0. The van der Waals surface area contributed by atoms with Crippen molar-refractivity contribution in [2.24, 2.45) is 0 Å². The summed E-state index contributed by atoms with van der Waals surface area (Å²) in [5, 5.41) is 10.0. The molecule has 0 amide bonds. The number of hydrogen-bond donors (Lipinski definition) is 0. The first kappa shape index (κ1) is 35.0. The van der Waals surface area contributed by atoms with Gasteiger partial charge in [0.1, 0.15) is 0 Å². The quantitative estimate of drug-likeness (QED) is 0.159. The minimum Gasteiger partial charge on any atom is -0.309 e. The Hall–Kier alpha value is -8.00. The van der Waals surface area contributed by atoms with Gasteiger partial charge in [-0.1, -0.05) is 176 Å². The second kappa shape index (κ2) is 14.4. The topological polar surface area (TPSA) is 4.93 Å². The summed E-state index contributed by atoms with van der Waals surface area (Å²) in [7, 11) is 0. The van der Waals surface area contributed by atoms with Crippen molar-refractivity contribution in [2.75, 3.05) is 0 Å². The summed E-state index contributed by atoms with van der Waals surface area (Å²) >= 11 is 0. The van der Waals surface area contributed by atoms with E-state index in [1.165, 1.54) is 110 Å². The number of fused-ring (bicyclic) bond motifs is 6.